The Balaban J connectivity index is 1.50. The topological polar surface area (TPSA) is 197 Å². The van der Waals surface area contributed by atoms with Crippen LogP contribution in [-0.2, 0) is 49.4 Å². The van der Waals surface area contributed by atoms with Crippen LogP contribution in [0.25, 0.3) is 11.2 Å². The highest BCUT2D eigenvalue weighted by atomic mass is 32.2. The largest absolute Gasteiger partial charge is 0.455 e. The summed E-state index contributed by atoms with van der Waals surface area (Å²) in [5, 5.41) is 10.5. The van der Waals surface area contributed by atoms with Gasteiger partial charge in [0.2, 0.25) is 0 Å². The lowest BCUT2D eigenvalue weighted by Crippen LogP contribution is -2.61. The van der Waals surface area contributed by atoms with Crippen LogP contribution in [0.3, 0.4) is 0 Å². The number of rotatable bonds is 11. The lowest BCUT2D eigenvalue weighted by Gasteiger charge is -2.47. The zero-order chi connectivity index (χ0) is 45.4. The normalized spacial score (nSPS) is 38.1. The van der Waals surface area contributed by atoms with Crippen molar-refractivity contribution in [3.05, 3.63) is 12.7 Å². The molecule has 3 saturated heterocycles. The van der Waals surface area contributed by atoms with Crippen LogP contribution in [-0.4, -0.2) is 164 Å². The highest BCUT2D eigenvalue weighted by molar-refractivity contribution is 8.00. The summed E-state index contributed by atoms with van der Waals surface area (Å²) >= 11 is 1.28. The quantitative estimate of drug-likeness (QED) is 0.148. The summed E-state index contributed by atoms with van der Waals surface area (Å²) in [5.74, 6) is -6.52. The number of aliphatic imine (C=N–C) groups is 1. The molecule has 3 fully saturated rings. The Morgan fingerprint density at radius 1 is 1.07 bits per heavy atom. The van der Waals surface area contributed by atoms with E-state index in [1.54, 1.807) is 52.2 Å². The predicted molar refractivity (Wildman–Crippen MR) is 226 cm³/mol. The first-order valence-electron chi connectivity index (χ1n) is 20.9. The van der Waals surface area contributed by atoms with Crippen LogP contribution < -0.4 is 0 Å². The third kappa shape index (κ3) is 9.66. The molecule has 2 aromatic heterocycles. The van der Waals surface area contributed by atoms with Crippen molar-refractivity contribution in [1.29, 1.82) is 0 Å². The van der Waals surface area contributed by atoms with Crippen molar-refractivity contribution < 1.29 is 52.4 Å². The molecule has 19 heteroatoms. The van der Waals surface area contributed by atoms with Crippen LogP contribution >= 0.6 is 11.8 Å². The number of thioether (sulfide) groups is 1. The Morgan fingerprint density at radius 3 is 2.38 bits per heavy atom. The van der Waals surface area contributed by atoms with Gasteiger partial charge in [-0.15, -0.1) is 11.8 Å². The van der Waals surface area contributed by atoms with E-state index >= 15 is 4.39 Å². The number of halogens is 1. The van der Waals surface area contributed by atoms with Crippen LogP contribution in [0.4, 0.5) is 10.2 Å². The Morgan fingerprint density at radius 2 is 1.75 bits per heavy atom. The number of carbonyl (C=O) groups is 4. The number of ether oxygens (including phenoxy) is 5. The fourth-order valence-electron chi connectivity index (χ4n) is 9.33. The Labute approximate surface area is 361 Å². The van der Waals surface area contributed by atoms with E-state index in [2.05, 4.69) is 19.9 Å². The number of likely N-dealkylation sites (N-methyl/N-ethyl adjacent to an activating group) is 1. The lowest BCUT2D eigenvalue weighted by molar-refractivity contribution is -0.295. The van der Waals surface area contributed by atoms with Gasteiger partial charge in [-0.2, -0.15) is 0 Å². The highest BCUT2D eigenvalue weighted by Crippen LogP contribution is 2.49. The molecule has 17 nitrogen and oxygen atoms in total. The molecule has 0 aliphatic carbocycles. The number of hydrogen-bond donors (Lipinski definition) is 1. The number of aliphatic hydroxyl groups excluding tert-OH is 1. The van der Waals surface area contributed by atoms with E-state index in [0.717, 1.165) is 6.92 Å². The second-order valence-electron chi connectivity index (χ2n) is 17.8. The second-order valence-corrected chi connectivity index (χ2v) is 19.1. The summed E-state index contributed by atoms with van der Waals surface area (Å²) < 4.78 is 49.5. The molecule has 0 radical (unpaired) electrons. The molecule has 0 saturated carbocycles. The van der Waals surface area contributed by atoms with Crippen molar-refractivity contribution in [2.45, 2.75) is 140 Å². The number of aryl methyl sites for hydroxylation is 1. The molecule has 0 spiro atoms. The van der Waals surface area contributed by atoms with Crippen molar-refractivity contribution in [3.63, 3.8) is 0 Å². The molecular formula is C42H64FN7O10S. The Bertz CT molecular complexity index is 1950. The molecule has 61 heavy (non-hydrogen) atoms. The summed E-state index contributed by atoms with van der Waals surface area (Å²) in [5.41, 5.74) is -5.19. The number of cyclic esters (lactones) is 1. The number of esters is 2. The number of alkyl halides is 1. The van der Waals surface area contributed by atoms with Gasteiger partial charge in [0.25, 0.3) is 5.67 Å². The van der Waals surface area contributed by atoms with E-state index in [1.165, 1.54) is 32.1 Å². The molecule has 5 rings (SSSR count). The van der Waals surface area contributed by atoms with E-state index in [4.69, 9.17) is 23.7 Å². The van der Waals surface area contributed by atoms with Gasteiger partial charge in [-0.25, -0.2) is 29.1 Å². The molecule has 0 bridgehead atoms. The monoisotopic (exact) mass is 877 g/mol. The molecule has 3 aliphatic rings. The second kappa shape index (κ2) is 19.0. The van der Waals surface area contributed by atoms with Gasteiger partial charge < -0.3 is 43.2 Å². The maximum absolute atomic E-state index is 17.0. The molecule has 2 aromatic rings. The van der Waals surface area contributed by atoms with Gasteiger partial charge in [-0.3, -0.25) is 14.4 Å². The third-order valence-corrected chi connectivity index (χ3v) is 14.0. The minimum Gasteiger partial charge on any atom is -0.455 e. The molecule has 14 atom stereocenters. The molecule has 0 aromatic carbocycles. The van der Waals surface area contributed by atoms with Gasteiger partial charge >= 0.3 is 11.9 Å². The first kappa shape index (κ1) is 48.4. The van der Waals surface area contributed by atoms with E-state index in [0.29, 0.717) is 35.7 Å². The molecule has 340 valence electrons. The number of hydrogen-bond acceptors (Lipinski definition) is 16. The van der Waals surface area contributed by atoms with Crippen molar-refractivity contribution in [3.8, 4) is 0 Å². The Kier molecular flexibility index (Phi) is 15.1. The summed E-state index contributed by atoms with van der Waals surface area (Å²) in [6.45, 7) is 12.9. The molecule has 5 heterocycles. The average Bonchev–Trinajstić information content (AvgIpc) is 3.74. The summed E-state index contributed by atoms with van der Waals surface area (Å²) in [6.07, 6.45) is -0.120. The zero-order valence-electron chi connectivity index (χ0n) is 37.7. The van der Waals surface area contributed by atoms with Gasteiger partial charge in [0.1, 0.15) is 29.6 Å². The van der Waals surface area contributed by atoms with Gasteiger partial charge in [-0.05, 0) is 61.1 Å². The molecule has 0 amide bonds. The number of nitrogens with zero attached hydrogens (tertiary/aromatic N) is 7. The van der Waals surface area contributed by atoms with Crippen LogP contribution in [0.5, 0.6) is 0 Å². The van der Waals surface area contributed by atoms with Crippen molar-refractivity contribution in [2.24, 2.45) is 28.7 Å². The SMILES string of the molecule is CC[C@H]1OC(=O)[C@@](C)(F)C(=O)[C@H](C)[C@@H](O[C@@H]2O[C@H](C)C[C@H](N(C)C)[C@H]2O)[C@](C)(OC)C[C@@H](C)C(=O)[C@H](C)[C@@H]2C(SCCn3cnc4c(/N=C/N(C)C)ncnc43)C(=O)O[C@]12C. The maximum atomic E-state index is 17.0. The van der Waals surface area contributed by atoms with E-state index in [-0.39, 0.29) is 30.8 Å². The first-order chi connectivity index (χ1) is 28.5. The minimum absolute atomic E-state index is 0.0126. The summed E-state index contributed by atoms with van der Waals surface area (Å²) in [7, 11) is 8.72. The number of aromatic nitrogens is 4. The van der Waals surface area contributed by atoms with Crippen LogP contribution in [0.15, 0.2) is 17.6 Å². The predicted octanol–water partition coefficient (Wildman–Crippen LogP) is 3.80. The van der Waals surface area contributed by atoms with Crippen molar-refractivity contribution in [2.75, 3.05) is 41.1 Å². The summed E-state index contributed by atoms with van der Waals surface area (Å²) in [4.78, 5) is 78.2. The first-order valence-corrected chi connectivity index (χ1v) is 22.0. The standard InChI is InChI=1S/C42H64FN7O10S/c1-14-27-42(8)28(32(37(54)60-42)61-16-15-50-21-46-29-35(47-20-48(9)10)44-19-45-36(29)50)24(4)30(51)22(2)18-40(6,56-13)34(25(5)33(53)41(7,43)39(55)58-27)59-38-31(52)26(49(11)12)17-23(3)57-38/h19-28,31-32,34,38,52H,14-18H2,1-13H3/b47-20+/t22-,23-,24-,25+,26+,27-,28-,31-,32?,34-,38+,40-,41+,42-/m1/s1. The maximum Gasteiger partial charge on any atom is 0.351 e. The van der Waals surface area contributed by atoms with Crippen LogP contribution in [0.1, 0.15) is 74.7 Å². The van der Waals surface area contributed by atoms with Gasteiger partial charge in [0.05, 0.1) is 30.5 Å². The number of ketones is 2. The molecule has 3 aliphatic heterocycles. The van der Waals surface area contributed by atoms with Crippen LogP contribution in [0, 0.1) is 23.7 Å². The number of aliphatic hydroxyl groups is 1. The lowest BCUT2D eigenvalue weighted by atomic mass is 9.70. The van der Waals surface area contributed by atoms with Gasteiger partial charge in [0, 0.05) is 63.2 Å². The van der Waals surface area contributed by atoms with Gasteiger partial charge in [-0.1, -0.05) is 27.7 Å². The average molecular weight is 878 g/mol. The third-order valence-electron chi connectivity index (χ3n) is 12.7. The molecule has 1 N–H and O–H groups in total. The fourth-order valence-corrected chi connectivity index (χ4v) is 10.8. The van der Waals surface area contributed by atoms with Gasteiger partial charge in [0.15, 0.2) is 34.7 Å². The Hall–Kier alpha value is -3.62. The number of Topliss-reactive ketones (excluding diaryl/α,β-unsaturated/α-hetero) is 2. The highest BCUT2D eigenvalue weighted by Gasteiger charge is 2.62. The van der Waals surface area contributed by atoms with Crippen molar-refractivity contribution >= 4 is 58.6 Å². The smallest absolute Gasteiger partial charge is 0.351 e. The number of methoxy groups -OCH3 is 1. The molecular weight excluding hydrogens is 814 g/mol. The minimum atomic E-state index is -3.19. The van der Waals surface area contributed by atoms with Crippen molar-refractivity contribution in [1.82, 2.24) is 29.3 Å². The fraction of sp³-hybridized carbons (Fsp3) is 0.762. The number of carbonyl (C=O) groups excluding carboxylic acids is 4. The number of imidazole rings is 1. The van der Waals surface area contributed by atoms with E-state index in [9.17, 15) is 24.3 Å². The zero-order valence-corrected chi connectivity index (χ0v) is 38.5. The number of fused-ring (bicyclic) bond motifs is 2. The van der Waals surface area contributed by atoms with E-state index in [1.807, 2.05) is 44.6 Å². The van der Waals surface area contributed by atoms with Crippen LogP contribution in [0.2, 0.25) is 0 Å². The summed E-state index contributed by atoms with van der Waals surface area (Å²) in [6, 6.07) is -0.369. The van der Waals surface area contributed by atoms with E-state index < -0.39 is 88.1 Å². The molecule has 1 unspecified atom stereocenters.